The molecule has 1 heterocycles. The van der Waals surface area contributed by atoms with Crippen LogP contribution >= 0.6 is 12.2 Å². The van der Waals surface area contributed by atoms with Crippen molar-refractivity contribution in [2.45, 2.75) is 13.3 Å². The topological polar surface area (TPSA) is 64.3 Å². The Labute approximate surface area is 118 Å². The Morgan fingerprint density at radius 3 is 3.05 bits per heavy atom. The minimum absolute atomic E-state index is 0.00222. The normalized spacial score (nSPS) is 18.9. The molecule has 1 aliphatic rings. The van der Waals surface area contributed by atoms with Crippen molar-refractivity contribution in [2.24, 2.45) is 17.6 Å². The van der Waals surface area contributed by atoms with Gasteiger partial charge < -0.3 is 15.8 Å². The molecule has 0 fully saturated rings. The van der Waals surface area contributed by atoms with Crippen molar-refractivity contribution in [2.75, 3.05) is 13.2 Å². The van der Waals surface area contributed by atoms with Gasteiger partial charge in [0.1, 0.15) is 12.4 Å². The average molecular weight is 278 g/mol. The van der Waals surface area contributed by atoms with E-state index >= 15 is 0 Å². The fraction of sp³-hybridized carbons (Fsp3) is 0.429. The number of carbonyl (C=O) groups excluding carboxylic acids is 1. The molecule has 1 aliphatic heterocycles. The SMILES string of the molecule is CC(CNC(=O)C1COc2ccccc2C1)C(N)=S. The fourth-order valence-corrected chi connectivity index (χ4v) is 2.08. The summed E-state index contributed by atoms with van der Waals surface area (Å²) >= 11 is 4.88. The molecule has 0 bridgehead atoms. The third kappa shape index (κ3) is 3.44. The number of amides is 1. The van der Waals surface area contributed by atoms with Crippen molar-refractivity contribution < 1.29 is 9.53 Å². The Bertz CT molecular complexity index is 490. The molecule has 2 unspecified atom stereocenters. The summed E-state index contributed by atoms with van der Waals surface area (Å²) in [5.74, 6) is 0.741. The van der Waals surface area contributed by atoms with Gasteiger partial charge in [-0.25, -0.2) is 0 Å². The quantitative estimate of drug-likeness (QED) is 0.814. The molecule has 0 aliphatic carbocycles. The molecule has 0 saturated heterocycles. The Balaban J connectivity index is 1.90. The predicted octanol–water partition coefficient (Wildman–Crippen LogP) is 1.28. The summed E-state index contributed by atoms with van der Waals surface area (Å²) in [4.78, 5) is 12.5. The van der Waals surface area contributed by atoms with Crippen molar-refractivity contribution in [3.63, 3.8) is 0 Å². The van der Waals surface area contributed by atoms with Gasteiger partial charge >= 0.3 is 0 Å². The molecule has 1 aromatic carbocycles. The fourth-order valence-electron chi connectivity index (χ4n) is 2.00. The number of thiocarbonyl (C=S) groups is 1. The van der Waals surface area contributed by atoms with Crippen LogP contribution in [0.25, 0.3) is 0 Å². The zero-order valence-corrected chi connectivity index (χ0v) is 11.7. The maximum absolute atomic E-state index is 12.1. The second-order valence-corrected chi connectivity index (χ2v) is 5.34. The third-order valence-corrected chi connectivity index (χ3v) is 3.72. The molecule has 2 rings (SSSR count). The van der Waals surface area contributed by atoms with Gasteiger partial charge in [-0.05, 0) is 18.1 Å². The largest absolute Gasteiger partial charge is 0.492 e. The lowest BCUT2D eigenvalue weighted by molar-refractivity contribution is -0.126. The van der Waals surface area contributed by atoms with E-state index in [1.54, 1.807) is 0 Å². The lowest BCUT2D eigenvalue weighted by atomic mass is 9.96. The van der Waals surface area contributed by atoms with Gasteiger partial charge in [-0.1, -0.05) is 37.3 Å². The smallest absolute Gasteiger partial charge is 0.226 e. The van der Waals surface area contributed by atoms with Crippen LogP contribution in [0.1, 0.15) is 12.5 Å². The van der Waals surface area contributed by atoms with E-state index < -0.39 is 0 Å². The number of carbonyl (C=O) groups is 1. The number of benzene rings is 1. The molecule has 0 saturated carbocycles. The lowest BCUT2D eigenvalue weighted by Crippen LogP contribution is -2.40. The van der Waals surface area contributed by atoms with Gasteiger partial charge in [0.15, 0.2) is 0 Å². The average Bonchev–Trinajstić information content (AvgIpc) is 2.43. The molecule has 0 radical (unpaired) electrons. The van der Waals surface area contributed by atoms with Gasteiger partial charge in [0.05, 0.1) is 10.9 Å². The summed E-state index contributed by atoms with van der Waals surface area (Å²) in [6.45, 7) is 2.80. The third-order valence-electron chi connectivity index (χ3n) is 3.32. The summed E-state index contributed by atoms with van der Waals surface area (Å²) < 4.78 is 5.60. The van der Waals surface area contributed by atoms with Crippen molar-refractivity contribution in [1.82, 2.24) is 5.32 Å². The van der Waals surface area contributed by atoms with E-state index in [9.17, 15) is 4.79 Å². The highest BCUT2D eigenvalue weighted by molar-refractivity contribution is 7.80. The molecular formula is C14H18N2O2S. The van der Waals surface area contributed by atoms with Gasteiger partial charge in [-0.3, -0.25) is 4.79 Å². The molecule has 2 atom stereocenters. The summed E-state index contributed by atoms with van der Waals surface area (Å²) in [6, 6.07) is 7.81. The minimum atomic E-state index is -0.145. The first kappa shape index (κ1) is 13.8. The van der Waals surface area contributed by atoms with Crippen LogP contribution in [0.5, 0.6) is 5.75 Å². The highest BCUT2D eigenvalue weighted by Gasteiger charge is 2.25. The number of rotatable bonds is 4. The maximum atomic E-state index is 12.1. The van der Waals surface area contributed by atoms with E-state index in [0.29, 0.717) is 24.6 Å². The van der Waals surface area contributed by atoms with E-state index in [1.165, 1.54) is 0 Å². The van der Waals surface area contributed by atoms with Crippen molar-refractivity contribution in [3.05, 3.63) is 29.8 Å². The first-order valence-electron chi connectivity index (χ1n) is 6.35. The summed E-state index contributed by atoms with van der Waals surface area (Å²) in [5, 5.41) is 2.88. The number of hydrogen-bond acceptors (Lipinski definition) is 3. The van der Waals surface area contributed by atoms with Crippen LogP contribution in [0, 0.1) is 11.8 Å². The number of nitrogens with one attached hydrogen (secondary N) is 1. The summed E-state index contributed by atoms with van der Waals surface area (Å²) in [6.07, 6.45) is 0.712. The van der Waals surface area contributed by atoms with E-state index in [-0.39, 0.29) is 17.7 Å². The molecule has 19 heavy (non-hydrogen) atoms. The van der Waals surface area contributed by atoms with Gasteiger partial charge in [-0.2, -0.15) is 0 Å². The van der Waals surface area contributed by atoms with Crippen LogP contribution in [-0.4, -0.2) is 24.0 Å². The van der Waals surface area contributed by atoms with Gasteiger partial charge in [0, 0.05) is 12.5 Å². The van der Waals surface area contributed by atoms with Crippen LogP contribution in [-0.2, 0) is 11.2 Å². The standard InChI is InChI=1S/C14H18N2O2S/c1-9(13(15)19)7-16-14(17)11-6-10-4-2-3-5-12(10)18-8-11/h2-5,9,11H,6-8H2,1H3,(H2,15,19)(H,16,17). The maximum Gasteiger partial charge on any atom is 0.226 e. The zero-order chi connectivity index (χ0) is 13.8. The van der Waals surface area contributed by atoms with Crippen LogP contribution < -0.4 is 15.8 Å². The molecule has 0 spiro atoms. The first-order valence-corrected chi connectivity index (χ1v) is 6.76. The number of ether oxygens (including phenoxy) is 1. The van der Waals surface area contributed by atoms with Gasteiger partial charge in [0.2, 0.25) is 5.91 Å². The minimum Gasteiger partial charge on any atom is -0.492 e. The predicted molar refractivity (Wildman–Crippen MR) is 78.1 cm³/mol. The Morgan fingerprint density at radius 1 is 1.58 bits per heavy atom. The van der Waals surface area contributed by atoms with Crippen LogP contribution in [0.15, 0.2) is 24.3 Å². The van der Waals surface area contributed by atoms with E-state index in [0.717, 1.165) is 11.3 Å². The van der Waals surface area contributed by atoms with E-state index in [1.807, 2.05) is 31.2 Å². The second kappa shape index (κ2) is 6.02. The van der Waals surface area contributed by atoms with Crippen molar-refractivity contribution in [3.8, 4) is 5.75 Å². The number of hydrogen-bond donors (Lipinski definition) is 2. The molecule has 1 aromatic rings. The molecule has 102 valence electrons. The lowest BCUT2D eigenvalue weighted by Gasteiger charge is -2.25. The Hall–Kier alpha value is -1.62. The highest BCUT2D eigenvalue weighted by atomic mass is 32.1. The van der Waals surface area contributed by atoms with Crippen LogP contribution in [0.2, 0.25) is 0 Å². The molecule has 5 heteroatoms. The second-order valence-electron chi connectivity index (χ2n) is 4.87. The highest BCUT2D eigenvalue weighted by Crippen LogP contribution is 2.26. The van der Waals surface area contributed by atoms with E-state index in [2.05, 4.69) is 5.32 Å². The molecule has 4 nitrogen and oxygen atoms in total. The Kier molecular flexibility index (Phi) is 4.37. The molecule has 3 N–H and O–H groups in total. The summed E-state index contributed by atoms with van der Waals surface area (Å²) in [5.41, 5.74) is 6.60. The first-order chi connectivity index (χ1) is 9.08. The van der Waals surface area contributed by atoms with Gasteiger partial charge in [-0.15, -0.1) is 0 Å². The molecular weight excluding hydrogens is 260 g/mol. The monoisotopic (exact) mass is 278 g/mol. The summed E-state index contributed by atoms with van der Waals surface area (Å²) in [7, 11) is 0. The van der Waals surface area contributed by atoms with Crippen molar-refractivity contribution >= 4 is 23.1 Å². The molecule has 0 aromatic heterocycles. The van der Waals surface area contributed by atoms with E-state index in [4.69, 9.17) is 22.7 Å². The molecule has 1 amide bonds. The zero-order valence-electron chi connectivity index (χ0n) is 10.9. The Morgan fingerprint density at radius 2 is 2.32 bits per heavy atom. The van der Waals surface area contributed by atoms with Gasteiger partial charge in [0.25, 0.3) is 0 Å². The van der Waals surface area contributed by atoms with Crippen LogP contribution in [0.3, 0.4) is 0 Å². The number of fused-ring (bicyclic) bond motifs is 1. The number of para-hydroxylation sites is 1. The number of nitrogens with two attached hydrogens (primary N) is 1. The van der Waals surface area contributed by atoms with Crippen molar-refractivity contribution in [1.29, 1.82) is 0 Å². The van der Waals surface area contributed by atoms with Crippen LogP contribution in [0.4, 0.5) is 0 Å².